The monoisotopic (exact) mass is 390 g/mol. The van der Waals surface area contributed by atoms with Crippen LogP contribution in [-0.2, 0) is 0 Å². The first kappa shape index (κ1) is 15.7. The molecule has 0 saturated heterocycles. The van der Waals surface area contributed by atoms with Gasteiger partial charge < -0.3 is 4.90 Å². The van der Waals surface area contributed by atoms with E-state index in [1.54, 1.807) is 30.1 Å². The fraction of sp³-hybridized carbons (Fsp3) is 0.0625. The van der Waals surface area contributed by atoms with Crippen molar-refractivity contribution in [2.45, 2.75) is 0 Å². The summed E-state index contributed by atoms with van der Waals surface area (Å²) in [6, 6.07) is 14.8. The first-order valence-corrected chi connectivity index (χ1v) is 7.94. The Morgan fingerprint density at radius 2 is 1.96 bits per heavy atom. The van der Waals surface area contributed by atoms with Crippen molar-refractivity contribution in [2.24, 2.45) is 0 Å². The van der Waals surface area contributed by atoms with Gasteiger partial charge in [-0.15, -0.1) is 5.10 Å². The summed E-state index contributed by atoms with van der Waals surface area (Å²) in [7, 11) is 1.65. The van der Waals surface area contributed by atoms with E-state index in [-0.39, 0.29) is 11.6 Å². The van der Waals surface area contributed by atoms with E-state index in [1.807, 2.05) is 36.4 Å². The number of benzene rings is 2. The zero-order valence-electron chi connectivity index (χ0n) is 12.1. The molecule has 116 valence electrons. The molecular weight excluding hydrogens is 380 g/mol. The van der Waals surface area contributed by atoms with E-state index in [4.69, 9.17) is 11.6 Å². The molecular formula is C16H12BrClN4O. The molecule has 0 N–H and O–H groups in total. The zero-order valence-corrected chi connectivity index (χ0v) is 14.5. The van der Waals surface area contributed by atoms with Gasteiger partial charge in [0.15, 0.2) is 5.69 Å². The van der Waals surface area contributed by atoms with Crippen LogP contribution in [0.2, 0.25) is 5.02 Å². The number of anilines is 1. The van der Waals surface area contributed by atoms with Crippen LogP contribution in [0, 0.1) is 0 Å². The molecule has 3 rings (SSSR count). The summed E-state index contributed by atoms with van der Waals surface area (Å²) in [6.45, 7) is 0. The highest BCUT2D eigenvalue weighted by Gasteiger charge is 2.19. The highest BCUT2D eigenvalue weighted by molar-refractivity contribution is 9.10. The van der Waals surface area contributed by atoms with Crippen molar-refractivity contribution in [2.75, 3.05) is 11.9 Å². The molecule has 23 heavy (non-hydrogen) atoms. The highest BCUT2D eigenvalue weighted by atomic mass is 79.9. The summed E-state index contributed by atoms with van der Waals surface area (Å²) in [6.07, 6.45) is 1.60. The number of amides is 1. The van der Waals surface area contributed by atoms with Gasteiger partial charge in [0.2, 0.25) is 0 Å². The molecule has 0 unspecified atom stereocenters. The summed E-state index contributed by atoms with van der Waals surface area (Å²) in [5.74, 6) is -0.281. The molecule has 2 aromatic carbocycles. The Balaban J connectivity index is 1.87. The van der Waals surface area contributed by atoms with E-state index in [0.29, 0.717) is 10.7 Å². The molecule has 0 aliphatic carbocycles. The smallest absolute Gasteiger partial charge is 0.280 e. The molecule has 5 nitrogen and oxygen atoms in total. The van der Waals surface area contributed by atoms with E-state index in [1.165, 1.54) is 4.90 Å². The molecule has 1 heterocycles. The number of halogens is 2. The number of aromatic nitrogens is 3. The summed E-state index contributed by atoms with van der Waals surface area (Å²) in [5, 5.41) is 8.43. The summed E-state index contributed by atoms with van der Waals surface area (Å²) >= 11 is 9.53. The Hall–Kier alpha value is -2.18. The predicted octanol–water partition coefficient (Wildman–Crippen LogP) is 3.96. The van der Waals surface area contributed by atoms with Gasteiger partial charge in [-0.05, 0) is 30.3 Å². The molecule has 0 aliphatic heterocycles. The van der Waals surface area contributed by atoms with Crippen LogP contribution in [0.25, 0.3) is 5.69 Å². The van der Waals surface area contributed by atoms with E-state index >= 15 is 0 Å². The summed E-state index contributed by atoms with van der Waals surface area (Å²) < 4.78 is 2.41. The van der Waals surface area contributed by atoms with Crippen molar-refractivity contribution in [3.63, 3.8) is 0 Å². The third kappa shape index (κ3) is 3.28. The third-order valence-corrected chi connectivity index (χ3v) is 4.10. The normalized spacial score (nSPS) is 10.6. The Morgan fingerprint density at radius 3 is 2.65 bits per heavy atom. The van der Waals surface area contributed by atoms with E-state index in [9.17, 15) is 4.79 Å². The second-order valence-electron chi connectivity index (χ2n) is 4.84. The number of hydrogen-bond donors (Lipinski definition) is 0. The SMILES string of the molecule is CN(C(=O)c1cn(-c2ccccc2)nn1)c1ccc(Br)cc1Cl. The van der Waals surface area contributed by atoms with Gasteiger partial charge in [-0.25, -0.2) is 4.68 Å². The van der Waals surface area contributed by atoms with Crippen LogP contribution < -0.4 is 4.90 Å². The predicted molar refractivity (Wildman–Crippen MR) is 93.2 cm³/mol. The van der Waals surface area contributed by atoms with Crippen LogP contribution in [0.15, 0.2) is 59.2 Å². The number of hydrogen-bond acceptors (Lipinski definition) is 3. The maximum absolute atomic E-state index is 12.6. The lowest BCUT2D eigenvalue weighted by Gasteiger charge is -2.17. The van der Waals surface area contributed by atoms with Gasteiger partial charge >= 0.3 is 0 Å². The van der Waals surface area contributed by atoms with E-state index in [2.05, 4.69) is 26.2 Å². The lowest BCUT2D eigenvalue weighted by atomic mass is 10.2. The van der Waals surface area contributed by atoms with Crippen LogP contribution >= 0.6 is 27.5 Å². The first-order valence-electron chi connectivity index (χ1n) is 6.77. The van der Waals surface area contributed by atoms with Gasteiger partial charge in [0.05, 0.1) is 22.6 Å². The van der Waals surface area contributed by atoms with E-state index < -0.39 is 0 Å². The molecule has 1 amide bonds. The third-order valence-electron chi connectivity index (χ3n) is 3.31. The van der Waals surface area contributed by atoms with Gasteiger partial charge in [0.25, 0.3) is 5.91 Å². The highest BCUT2D eigenvalue weighted by Crippen LogP contribution is 2.28. The molecule has 0 saturated carbocycles. The molecule has 0 aliphatic rings. The van der Waals surface area contributed by atoms with Gasteiger partial charge in [-0.2, -0.15) is 0 Å². The van der Waals surface area contributed by atoms with Crippen LogP contribution in [0.3, 0.4) is 0 Å². The Morgan fingerprint density at radius 1 is 1.22 bits per heavy atom. The molecule has 7 heteroatoms. The van der Waals surface area contributed by atoms with Gasteiger partial charge in [0.1, 0.15) is 0 Å². The van der Waals surface area contributed by atoms with Crippen molar-refractivity contribution in [3.8, 4) is 5.69 Å². The standard InChI is InChI=1S/C16H12BrClN4O/c1-21(15-8-7-11(17)9-13(15)18)16(23)14-10-22(20-19-14)12-5-3-2-4-6-12/h2-10H,1H3. The van der Waals surface area contributed by atoms with Crippen LogP contribution in [-0.4, -0.2) is 27.9 Å². The average Bonchev–Trinajstić information content (AvgIpc) is 3.04. The molecule has 0 fully saturated rings. The molecule has 0 spiro atoms. The summed E-state index contributed by atoms with van der Waals surface area (Å²) in [5.41, 5.74) is 1.69. The lowest BCUT2D eigenvalue weighted by Crippen LogP contribution is -2.26. The Labute approximate surface area is 146 Å². The molecule has 0 radical (unpaired) electrons. The minimum Gasteiger partial charge on any atom is -0.309 e. The first-order chi connectivity index (χ1) is 11.1. The molecule has 1 aromatic heterocycles. The van der Waals surface area contributed by atoms with Gasteiger partial charge in [-0.3, -0.25) is 4.79 Å². The Kier molecular flexibility index (Phi) is 4.45. The molecule has 3 aromatic rings. The van der Waals surface area contributed by atoms with Crippen molar-refractivity contribution < 1.29 is 4.79 Å². The molecule has 0 atom stereocenters. The van der Waals surface area contributed by atoms with Crippen LogP contribution in [0.4, 0.5) is 5.69 Å². The number of para-hydroxylation sites is 1. The quantitative estimate of drug-likeness (QED) is 0.679. The minimum absolute atomic E-state index is 0.246. The second kappa shape index (κ2) is 6.52. The van der Waals surface area contributed by atoms with Gasteiger partial charge in [0, 0.05) is 11.5 Å². The summed E-state index contributed by atoms with van der Waals surface area (Å²) in [4.78, 5) is 14.0. The fourth-order valence-electron chi connectivity index (χ4n) is 2.10. The zero-order chi connectivity index (χ0) is 16.4. The van der Waals surface area contributed by atoms with Crippen molar-refractivity contribution >= 4 is 39.1 Å². The van der Waals surface area contributed by atoms with Crippen LogP contribution in [0.5, 0.6) is 0 Å². The minimum atomic E-state index is -0.281. The maximum atomic E-state index is 12.6. The topological polar surface area (TPSA) is 51.0 Å². The van der Waals surface area contributed by atoms with Gasteiger partial charge in [-0.1, -0.05) is 50.9 Å². The number of nitrogens with zero attached hydrogens (tertiary/aromatic N) is 4. The van der Waals surface area contributed by atoms with Crippen molar-refractivity contribution in [3.05, 3.63) is 69.9 Å². The van der Waals surface area contributed by atoms with Crippen LogP contribution in [0.1, 0.15) is 10.5 Å². The number of carbonyl (C=O) groups excluding carboxylic acids is 1. The molecule has 0 bridgehead atoms. The lowest BCUT2D eigenvalue weighted by molar-refractivity contribution is 0.0988. The second-order valence-corrected chi connectivity index (χ2v) is 6.17. The number of rotatable bonds is 3. The fourth-order valence-corrected chi connectivity index (χ4v) is 2.90. The average molecular weight is 392 g/mol. The van der Waals surface area contributed by atoms with Crippen molar-refractivity contribution in [1.82, 2.24) is 15.0 Å². The number of carbonyl (C=O) groups is 1. The maximum Gasteiger partial charge on any atom is 0.280 e. The largest absolute Gasteiger partial charge is 0.309 e. The van der Waals surface area contributed by atoms with Crippen molar-refractivity contribution in [1.29, 1.82) is 0 Å². The van der Waals surface area contributed by atoms with E-state index in [0.717, 1.165) is 10.2 Å². The Bertz CT molecular complexity index is 850.